The normalized spacial score (nSPS) is 12.2. The summed E-state index contributed by atoms with van der Waals surface area (Å²) in [5, 5.41) is 13.4. The number of hydrogen-bond donors (Lipinski definition) is 3. The molecule has 0 aliphatic heterocycles. The SMILES string of the molecule is CCNC(=NCC(C)c1ccsc1)NCCNC(C)=O.I. The van der Waals surface area contributed by atoms with Crippen molar-refractivity contribution < 1.29 is 4.79 Å². The standard InChI is InChI=1S/C14H24N4OS.HI/c1-4-15-14(17-7-6-16-12(3)19)18-9-11(2)13-5-8-20-10-13;/h5,8,10-11H,4,6-7,9H2,1-3H3,(H,16,19)(H2,15,17,18);1H. The first-order valence-electron chi connectivity index (χ1n) is 6.92. The van der Waals surface area contributed by atoms with Crippen LogP contribution in [0.5, 0.6) is 0 Å². The molecule has 3 N–H and O–H groups in total. The van der Waals surface area contributed by atoms with Crippen LogP contribution in [0.25, 0.3) is 0 Å². The van der Waals surface area contributed by atoms with Gasteiger partial charge >= 0.3 is 0 Å². The number of thiophene rings is 1. The lowest BCUT2D eigenvalue weighted by atomic mass is 10.1. The molecule has 0 aliphatic rings. The third kappa shape index (κ3) is 8.92. The van der Waals surface area contributed by atoms with Crippen molar-refractivity contribution in [2.24, 2.45) is 4.99 Å². The Morgan fingerprint density at radius 1 is 1.33 bits per heavy atom. The molecule has 0 spiro atoms. The predicted molar refractivity (Wildman–Crippen MR) is 101 cm³/mol. The van der Waals surface area contributed by atoms with E-state index >= 15 is 0 Å². The van der Waals surface area contributed by atoms with Gasteiger partial charge in [0.05, 0.1) is 0 Å². The van der Waals surface area contributed by atoms with E-state index in [1.54, 1.807) is 11.3 Å². The highest BCUT2D eigenvalue weighted by molar-refractivity contribution is 14.0. The molecular formula is C14H25IN4OS. The van der Waals surface area contributed by atoms with Gasteiger partial charge in [-0.3, -0.25) is 9.79 Å². The average Bonchev–Trinajstić information content (AvgIpc) is 2.94. The molecule has 120 valence electrons. The van der Waals surface area contributed by atoms with E-state index in [-0.39, 0.29) is 29.9 Å². The molecule has 1 aromatic rings. The van der Waals surface area contributed by atoms with Gasteiger partial charge in [-0.05, 0) is 29.3 Å². The molecule has 1 amide bonds. The van der Waals surface area contributed by atoms with Crippen LogP contribution in [0.1, 0.15) is 32.3 Å². The summed E-state index contributed by atoms with van der Waals surface area (Å²) >= 11 is 1.71. The lowest BCUT2D eigenvalue weighted by Crippen LogP contribution is -2.41. The van der Waals surface area contributed by atoms with Gasteiger partial charge in [-0.25, -0.2) is 0 Å². The summed E-state index contributed by atoms with van der Waals surface area (Å²) in [5.74, 6) is 1.19. The van der Waals surface area contributed by atoms with E-state index in [0.717, 1.165) is 19.0 Å². The van der Waals surface area contributed by atoms with Crippen LogP contribution < -0.4 is 16.0 Å². The van der Waals surface area contributed by atoms with E-state index in [4.69, 9.17) is 0 Å². The van der Waals surface area contributed by atoms with E-state index in [0.29, 0.717) is 19.0 Å². The van der Waals surface area contributed by atoms with Gasteiger partial charge in [-0.1, -0.05) is 6.92 Å². The lowest BCUT2D eigenvalue weighted by molar-refractivity contribution is -0.118. The molecule has 1 atom stereocenters. The van der Waals surface area contributed by atoms with E-state index < -0.39 is 0 Å². The number of carbonyl (C=O) groups is 1. The Hall–Kier alpha value is -0.830. The van der Waals surface area contributed by atoms with Gasteiger partial charge in [0.2, 0.25) is 5.91 Å². The Labute approximate surface area is 148 Å². The number of guanidine groups is 1. The predicted octanol–water partition coefficient (Wildman–Crippen LogP) is 2.16. The van der Waals surface area contributed by atoms with Gasteiger partial charge in [-0.2, -0.15) is 11.3 Å². The molecular weight excluding hydrogens is 399 g/mol. The summed E-state index contributed by atoms with van der Waals surface area (Å²) in [6, 6.07) is 2.14. The molecule has 5 nitrogen and oxygen atoms in total. The summed E-state index contributed by atoms with van der Waals surface area (Å²) in [4.78, 5) is 15.3. The first-order valence-corrected chi connectivity index (χ1v) is 7.86. The Morgan fingerprint density at radius 3 is 2.62 bits per heavy atom. The fourth-order valence-corrected chi connectivity index (χ4v) is 2.43. The van der Waals surface area contributed by atoms with Crippen molar-refractivity contribution in [2.45, 2.75) is 26.7 Å². The minimum absolute atomic E-state index is 0. The second-order valence-electron chi connectivity index (χ2n) is 4.59. The van der Waals surface area contributed by atoms with Crippen molar-refractivity contribution in [1.82, 2.24) is 16.0 Å². The van der Waals surface area contributed by atoms with Crippen molar-refractivity contribution in [2.75, 3.05) is 26.2 Å². The smallest absolute Gasteiger partial charge is 0.216 e. The highest BCUT2D eigenvalue weighted by Crippen LogP contribution is 2.18. The molecule has 1 aromatic heterocycles. The maximum absolute atomic E-state index is 10.8. The molecule has 1 rings (SSSR count). The van der Waals surface area contributed by atoms with Crippen LogP contribution in [0.2, 0.25) is 0 Å². The first-order chi connectivity index (χ1) is 9.63. The minimum Gasteiger partial charge on any atom is -0.357 e. The van der Waals surface area contributed by atoms with E-state index in [9.17, 15) is 4.79 Å². The minimum atomic E-state index is -0.0141. The van der Waals surface area contributed by atoms with Gasteiger partial charge in [0.25, 0.3) is 0 Å². The molecule has 0 aliphatic carbocycles. The maximum atomic E-state index is 10.8. The summed E-state index contributed by atoms with van der Waals surface area (Å²) < 4.78 is 0. The molecule has 0 saturated heterocycles. The molecule has 0 radical (unpaired) electrons. The van der Waals surface area contributed by atoms with Crippen LogP contribution in [0, 0.1) is 0 Å². The molecule has 1 unspecified atom stereocenters. The second-order valence-corrected chi connectivity index (χ2v) is 5.37. The number of amides is 1. The molecule has 0 saturated carbocycles. The van der Waals surface area contributed by atoms with E-state index in [2.05, 4.69) is 44.7 Å². The third-order valence-corrected chi connectivity index (χ3v) is 3.47. The number of hydrogen-bond acceptors (Lipinski definition) is 3. The third-order valence-electron chi connectivity index (χ3n) is 2.77. The fourth-order valence-electron chi connectivity index (χ4n) is 1.65. The number of carbonyl (C=O) groups excluding carboxylic acids is 1. The number of rotatable bonds is 7. The van der Waals surface area contributed by atoms with E-state index in [1.807, 2.05) is 6.92 Å². The van der Waals surface area contributed by atoms with Crippen molar-refractivity contribution >= 4 is 47.2 Å². The quantitative estimate of drug-likeness (QED) is 0.272. The fraction of sp³-hybridized carbons (Fsp3) is 0.571. The van der Waals surface area contributed by atoms with Crippen molar-refractivity contribution in [3.05, 3.63) is 22.4 Å². The summed E-state index contributed by atoms with van der Waals surface area (Å²) in [6.07, 6.45) is 0. The molecule has 1 heterocycles. The number of halogens is 1. The van der Waals surface area contributed by atoms with Gasteiger partial charge in [-0.15, -0.1) is 24.0 Å². The van der Waals surface area contributed by atoms with Crippen LogP contribution in [0.4, 0.5) is 0 Å². The maximum Gasteiger partial charge on any atom is 0.216 e. The van der Waals surface area contributed by atoms with Crippen molar-refractivity contribution in [1.29, 1.82) is 0 Å². The monoisotopic (exact) mass is 424 g/mol. The lowest BCUT2D eigenvalue weighted by Gasteiger charge is -2.13. The zero-order valence-electron chi connectivity index (χ0n) is 12.8. The van der Waals surface area contributed by atoms with E-state index in [1.165, 1.54) is 12.5 Å². The van der Waals surface area contributed by atoms with Crippen LogP contribution in [0.3, 0.4) is 0 Å². The Morgan fingerprint density at radius 2 is 2.05 bits per heavy atom. The first kappa shape index (κ1) is 20.2. The zero-order chi connectivity index (χ0) is 14.8. The Kier molecular flexibility index (Phi) is 11.3. The summed E-state index contributed by atoms with van der Waals surface area (Å²) in [5.41, 5.74) is 1.33. The van der Waals surface area contributed by atoms with Gasteiger partial charge in [0.15, 0.2) is 5.96 Å². The highest BCUT2D eigenvalue weighted by Gasteiger charge is 2.05. The van der Waals surface area contributed by atoms with Gasteiger partial charge in [0, 0.05) is 39.0 Å². The summed E-state index contributed by atoms with van der Waals surface area (Å²) in [7, 11) is 0. The zero-order valence-corrected chi connectivity index (χ0v) is 16.0. The van der Waals surface area contributed by atoms with Crippen molar-refractivity contribution in [3.63, 3.8) is 0 Å². The van der Waals surface area contributed by atoms with Crippen LogP contribution in [-0.2, 0) is 4.79 Å². The summed E-state index contributed by atoms with van der Waals surface area (Å²) in [6.45, 7) is 8.55. The number of nitrogens with one attached hydrogen (secondary N) is 3. The molecule has 7 heteroatoms. The highest BCUT2D eigenvalue weighted by atomic mass is 127. The largest absolute Gasteiger partial charge is 0.357 e. The van der Waals surface area contributed by atoms with Crippen LogP contribution in [-0.4, -0.2) is 38.0 Å². The van der Waals surface area contributed by atoms with Crippen molar-refractivity contribution in [3.8, 4) is 0 Å². The van der Waals surface area contributed by atoms with Gasteiger partial charge in [0.1, 0.15) is 0 Å². The Bertz CT molecular complexity index is 423. The Balaban J connectivity index is 0.00000400. The van der Waals surface area contributed by atoms with Crippen LogP contribution in [0.15, 0.2) is 21.8 Å². The number of aliphatic imine (C=N–C) groups is 1. The molecule has 0 bridgehead atoms. The topological polar surface area (TPSA) is 65.5 Å². The molecule has 0 fully saturated rings. The van der Waals surface area contributed by atoms with Crippen LogP contribution >= 0.6 is 35.3 Å². The second kappa shape index (κ2) is 11.8. The molecule has 21 heavy (non-hydrogen) atoms. The van der Waals surface area contributed by atoms with Gasteiger partial charge < -0.3 is 16.0 Å². The molecule has 0 aromatic carbocycles. The average molecular weight is 424 g/mol. The number of nitrogens with zero attached hydrogens (tertiary/aromatic N) is 1.